The van der Waals surface area contributed by atoms with Gasteiger partial charge < -0.3 is 5.73 Å². The number of amides is 1. The van der Waals surface area contributed by atoms with E-state index in [2.05, 4.69) is 15.9 Å². The molecule has 0 aromatic carbocycles. The van der Waals surface area contributed by atoms with Crippen molar-refractivity contribution in [1.82, 2.24) is 0 Å². The van der Waals surface area contributed by atoms with E-state index in [0.29, 0.717) is 5.56 Å². The van der Waals surface area contributed by atoms with Gasteiger partial charge in [0.2, 0.25) is 5.91 Å². The fraction of sp³-hybridized carbons (Fsp3) is 0. The first-order valence-electron chi connectivity index (χ1n) is 2.24. The number of carbonyl (C=O) groups is 1. The third kappa shape index (κ3) is 1.53. The van der Waals surface area contributed by atoms with E-state index in [1.165, 1.54) is 11.3 Å². The molecule has 0 aliphatic rings. The second kappa shape index (κ2) is 2.49. The third-order valence-corrected chi connectivity index (χ3v) is 2.36. The van der Waals surface area contributed by atoms with Crippen LogP contribution in [0.2, 0.25) is 0 Å². The van der Waals surface area contributed by atoms with Crippen molar-refractivity contribution in [3.63, 3.8) is 0 Å². The van der Waals surface area contributed by atoms with Gasteiger partial charge in [-0.05, 0) is 22.0 Å². The van der Waals surface area contributed by atoms with Crippen LogP contribution in [0.25, 0.3) is 0 Å². The zero-order valence-electron chi connectivity index (χ0n) is 4.43. The normalized spacial score (nSPS) is 9.44. The third-order valence-electron chi connectivity index (χ3n) is 0.852. The highest BCUT2D eigenvalue weighted by Crippen LogP contribution is 2.19. The van der Waals surface area contributed by atoms with Gasteiger partial charge in [-0.25, -0.2) is 0 Å². The van der Waals surface area contributed by atoms with Gasteiger partial charge in [0, 0.05) is 5.38 Å². The van der Waals surface area contributed by atoms with Crippen molar-refractivity contribution in [2.45, 2.75) is 0 Å². The van der Waals surface area contributed by atoms with Crippen LogP contribution in [0, 0.1) is 0 Å². The molecular formula is C5H4BrNOS. The summed E-state index contributed by atoms with van der Waals surface area (Å²) >= 11 is 4.66. The van der Waals surface area contributed by atoms with Crippen molar-refractivity contribution >= 4 is 33.2 Å². The van der Waals surface area contributed by atoms with E-state index in [-0.39, 0.29) is 5.91 Å². The Bertz CT molecular complexity index is 233. The van der Waals surface area contributed by atoms with E-state index in [0.717, 1.165) is 3.79 Å². The van der Waals surface area contributed by atoms with Crippen molar-refractivity contribution in [2.75, 3.05) is 0 Å². The van der Waals surface area contributed by atoms with E-state index >= 15 is 0 Å². The first-order chi connectivity index (χ1) is 4.20. The quantitative estimate of drug-likeness (QED) is 0.745. The summed E-state index contributed by atoms with van der Waals surface area (Å²) in [5, 5.41) is 1.71. The summed E-state index contributed by atoms with van der Waals surface area (Å²) in [6, 6.07) is 1.70. The van der Waals surface area contributed by atoms with Gasteiger partial charge in [-0.1, -0.05) is 0 Å². The van der Waals surface area contributed by atoms with E-state index < -0.39 is 0 Å². The molecule has 0 unspecified atom stereocenters. The smallest absolute Gasteiger partial charge is 0.249 e. The minimum atomic E-state index is -0.378. The summed E-state index contributed by atoms with van der Waals surface area (Å²) in [5.41, 5.74) is 5.54. The number of carbonyl (C=O) groups excluding carboxylic acids is 1. The maximum Gasteiger partial charge on any atom is 0.249 e. The Morgan fingerprint density at radius 3 is 2.67 bits per heavy atom. The number of halogens is 1. The second-order valence-corrected chi connectivity index (χ2v) is 3.79. The zero-order valence-corrected chi connectivity index (χ0v) is 6.83. The predicted molar refractivity (Wildman–Crippen MR) is 40.5 cm³/mol. The van der Waals surface area contributed by atoms with Gasteiger partial charge in [0.05, 0.1) is 9.35 Å². The lowest BCUT2D eigenvalue weighted by molar-refractivity contribution is 0.100. The number of thiophene rings is 1. The molecule has 4 heteroatoms. The average molecular weight is 206 g/mol. The molecule has 48 valence electrons. The van der Waals surface area contributed by atoms with Gasteiger partial charge in [-0.3, -0.25) is 4.79 Å². The summed E-state index contributed by atoms with van der Waals surface area (Å²) in [6.07, 6.45) is 0. The fourth-order valence-electron chi connectivity index (χ4n) is 0.439. The molecule has 2 N–H and O–H groups in total. The van der Waals surface area contributed by atoms with Crippen LogP contribution in [0.5, 0.6) is 0 Å². The van der Waals surface area contributed by atoms with Crippen molar-refractivity contribution < 1.29 is 4.79 Å². The number of primary amides is 1. The molecule has 0 fully saturated rings. The Labute approximate surface area is 64.8 Å². The summed E-state index contributed by atoms with van der Waals surface area (Å²) in [5.74, 6) is -0.378. The Hall–Kier alpha value is -0.350. The van der Waals surface area contributed by atoms with Crippen molar-refractivity contribution in [1.29, 1.82) is 0 Å². The minimum Gasteiger partial charge on any atom is -0.366 e. The molecule has 1 aromatic rings. The van der Waals surface area contributed by atoms with Crippen molar-refractivity contribution in [3.8, 4) is 0 Å². The summed E-state index contributed by atoms with van der Waals surface area (Å²) < 4.78 is 0.927. The molecule has 9 heavy (non-hydrogen) atoms. The van der Waals surface area contributed by atoms with E-state index in [9.17, 15) is 4.79 Å². The Balaban J connectivity index is 2.98. The molecule has 0 bridgehead atoms. The lowest BCUT2D eigenvalue weighted by Gasteiger charge is -1.81. The highest BCUT2D eigenvalue weighted by atomic mass is 79.9. The average Bonchev–Trinajstić information content (AvgIpc) is 2.14. The largest absolute Gasteiger partial charge is 0.366 e. The fourth-order valence-corrected chi connectivity index (χ4v) is 1.59. The number of rotatable bonds is 1. The molecule has 1 rings (SSSR count). The maximum atomic E-state index is 10.4. The van der Waals surface area contributed by atoms with Crippen LogP contribution in [-0.2, 0) is 0 Å². The molecule has 2 nitrogen and oxygen atoms in total. The van der Waals surface area contributed by atoms with E-state index in [1.54, 1.807) is 11.4 Å². The van der Waals surface area contributed by atoms with E-state index in [1.807, 2.05) is 0 Å². The van der Waals surface area contributed by atoms with Crippen LogP contribution in [0.3, 0.4) is 0 Å². The van der Waals surface area contributed by atoms with Crippen molar-refractivity contribution in [2.24, 2.45) is 5.73 Å². The molecule has 0 aliphatic carbocycles. The van der Waals surface area contributed by atoms with Gasteiger partial charge in [0.15, 0.2) is 0 Å². The Morgan fingerprint density at radius 1 is 1.78 bits per heavy atom. The Kier molecular flexibility index (Phi) is 1.87. The summed E-state index contributed by atoms with van der Waals surface area (Å²) in [6.45, 7) is 0. The first-order valence-corrected chi connectivity index (χ1v) is 3.91. The molecule has 1 aromatic heterocycles. The SMILES string of the molecule is NC(=O)c1csc(Br)c1. The van der Waals surface area contributed by atoms with Crippen LogP contribution in [-0.4, -0.2) is 5.91 Å². The molecule has 0 atom stereocenters. The molecule has 0 radical (unpaired) electrons. The highest BCUT2D eigenvalue weighted by Gasteiger charge is 2.00. The van der Waals surface area contributed by atoms with E-state index in [4.69, 9.17) is 5.73 Å². The van der Waals surface area contributed by atoms with Crippen molar-refractivity contribution in [3.05, 3.63) is 20.8 Å². The van der Waals surface area contributed by atoms with Crippen LogP contribution in [0.4, 0.5) is 0 Å². The minimum absolute atomic E-state index is 0.378. The van der Waals surface area contributed by atoms with Gasteiger partial charge in [-0.15, -0.1) is 11.3 Å². The van der Waals surface area contributed by atoms with Crippen LogP contribution in [0.1, 0.15) is 10.4 Å². The maximum absolute atomic E-state index is 10.4. The predicted octanol–water partition coefficient (Wildman–Crippen LogP) is 1.61. The molecule has 0 saturated carbocycles. The number of nitrogens with two attached hydrogens (primary N) is 1. The molecular weight excluding hydrogens is 202 g/mol. The number of hydrogen-bond donors (Lipinski definition) is 1. The standard InChI is InChI=1S/C5H4BrNOS/c6-4-1-3(2-9-4)5(7)8/h1-2H,(H2,7,8). The molecule has 0 aliphatic heterocycles. The monoisotopic (exact) mass is 205 g/mol. The van der Waals surface area contributed by atoms with Crippen LogP contribution >= 0.6 is 27.3 Å². The van der Waals surface area contributed by atoms with Crippen LogP contribution in [0.15, 0.2) is 15.2 Å². The lowest BCUT2D eigenvalue weighted by atomic mass is 10.3. The van der Waals surface area contributed by atoms with Gasteiger partial charge in [0.25, 0.3) is 0 Å². The molecule has 1 heterocycles. The van der Waals surface area contributed by atoms with Gasteiger partial charge in [-0.2, -0.15) is 0 Å². The lowest BCUT2D eigenvalue weighted by Crippen LogP contribution is -2.08. The highest BCUT2D eigenvalue weighted by molar-refractivity contribution is 9.11. The number of hydrogen-bond acceptors (Lipinski definition) is 2. The molecule has 0 saturated heterocycles. The second-order valence-electron chi connectivity index (χ2n) is 1.50. The summed E-state index contributed by atoms with van der Waals surface area (Å²) in [7, 11) is 0. The molecule has 1 amide bonds. The summed E-state index contributed by atoms with van der Waals surface area (Å²) in [4.78, 5) is 10.4. The Morgan fingerprint density at radius 2 is 2.44 bits per heavy atom. The van der Waals surface area contributed by atoms with Gasteiger partial charge in [0.1, 0.15) is 0 Å². The van der Waals surface area contributed by atoms with Gasteiger partial charge >= 0.3 is 0 Å². The topological polar surface area (TPSA) is 43.1 Å². The van der Waals surface area contributed by atoms with Crippen LogP contribution < -0.4 is 5.73 Å². The zero-order chi connectivity index (χ0) is 6.85. The molecule has 0 spiro atoms. The first kappa shape index (κ1) is 6.77.